The molecule has 0 heterocycles. The Hall–Kier alpha value is -4.14. The fraction of sp³-hybridized carbons (Fsp3) is 0.240. The Bertz CT molecular complexity index is 1190. The van der Waals surface area contributed by atoms with Gasteiger partial charge in [0, 0.05) is 25.8 Å². The molecular weight excluding hydrogens is 437 g/mol. The second kappa shape index (κ2) is 11.6. The third-order valence-corrected chi connectivity index (χ3v) is 4.79. The molecule has 0 saturated carbocycles. The number of phenols is 1. The number of aromatic hydroxyl groups is 1. The van der Waals surface area contributed by atoms with Crippen LogP contribution in [0.25, 0.3) is 0 Å². The van der Waals surface area contributed by atoms with Gasteiger partial charge >= 0.3 is 5.97 Å². The van der Waals surface area contributed by atoms with Crippen LogP contribution in [0.4, 0.5) is 32.8 Å². The minimum absolute atomic E-state index is 0.0308. The minimum atomic E-state index is -0.640. The Morgan fingerprint density at radius 2 is 1.56 bits per heavy atom. The fourth-order valence-electron chi connectivity index (χ4n) is 2.81. The van der Waals surface area contributed by atoms with Crippen LogP contribution in [0.2, 0.25) is 0 Å². The van der Waals surface area contributed by atoms with E-state index in [-0.39, 0.29) is 22.7 Å². The SMILES string of the molecule is CCCCOC(=O)c1ccc(/N=N/c2ccc(/N=N/c3ccc(N(C)C)cc3)cc2F)c(O)c1. The zero-order valence-electron chi connectivity index (χ0n) is 19.3. The number of ether oxygens (including phenoxy) is 1. The molecule has 0 aliphatic carbocycles. The third kappa shape index (κ3) is 6.68. The number of anilines is 1. The lowest BCUT2D eigenvalue weighted by molar-refractivity contribution is 0.0499. The van der Waals surface area contributed by atoms with E-state index < -0.39 is 11.8 Å². The molecule has 0 aromatic heterocycles. The largest absolute Gasteiger partial charge is 0.506 e. The van der Waals surface area contributed by atoms with Gasteiger partial charge in [-0.05, 0) is 61.0 Å². The van der Waals surface area contributed by atoms with Gasteiger partial charge in [0.05, 0.1) is 23.5 Å². The van der Waals surface area contributed by atoms with Crippen LogP contribution in [0.5, 0.6) is 5.75 Å². The summed E-state index contributed by atoms with van der Waals surface area (Å²) in [6.45, 7) is 2.31. The van der Waals surface area contributed by atoms with Crippen molar-refractivity contribution in [1.82, 2.24) is 0 Å². The summed E-state index contributed by atoms with van der Waals surface area (Å²) in [4.78, 5) is 13.9. The second-order valence-electron chi connectivity index (χ2n) is 7.64. The van der Waals surface area contributed by atoms with Crippen LogP contribution in [0.3, 0.4) is 0 Å². The van der Waals surface area contributed by atoms with Crippen molar-refractivity contribution in [2.75, 3.05) is 25.6 Å². The number of azo groups is 2. The van der Waals surface area contributed by atoms with Gasteiger partial charge in [-0.1, -0.05) is 13.3 Å². The first kappa shape index (κ1) is 24.5. The van der Waals surface area contributed by atoms with Crippen molar-refractivity contribution in [3.63, 3.8) is 0 Å². The molecule has 0 aliphatic heterocycles. The van der Waals surface area contributed by atoms with Gasteiger partial charge in [0.25, 0.3) is 0 Å². The molecule has 0 aliphatic rings. The van der Waals surface area contributed by atoms with Crippen LogP contribution in [-0.4, -0.2) is 31.8 Å². The average molecular weight is 464 g/mol. The van der Waals surface area contributed by atoms with Gasteiger partial charge in [-0.2, -0.15) is 10.2 Å². The number of carbonyl (C=O) groups excluding carboxylic acids is 1. The van der Waals surface area contributed by atoms with E-state index in [1.54, 1.807) is 6.07 Å². The zero-order valence-corrected chi connectivity index (χ0v) is 19.3. The molecule has 3 aromatic carbocycles. The number of phenolic OH excluding ortho intramolecular Hbond substituents is 1. The molecule has 8 nitrogen and oxygen atoms in total. The number of carbonyl (C=O) groups is 1. The highest BCUT2D eigenvalue weighted by Gasteiger charge is 2.11. The Morgan fingerprint density at radius 1 is 0.912 bits per heavy atom. The summed E-state index contributed by atoms with van der Waals surface area (Å²) >= 11 is 0. The van der Waals surface area contributed by atoms with Crippen LogP contribution < -0.4 is 4.90 Å². The van der Waals surface area contributed by atoms with Crippen LogP contribution in [-0.2, 0) is 4.74 Å². The number of halogens is 1. The molecule has 0 bridgehead atoms. The number of benzene rings is 3. The molecule has 0 saturated heterocycles. The number of unbranched alkanes of at least 4 members (excludes halogenated alkanes) is 1. The van der Waals surface area contributed by atoms with Crippen molar-refractivity contribution >= 4 is 34.4 Å². The Balaban J connectivity index is 1.67. The van der Waals surface area contributed by atoms with Gasteiger partial charge in [-0.15, -0.1) is 10.2 Å². The summed E-state index contributed by atoms with van der Waals surface area (Å²) in [6, 6.07) is 15.8. The average Bonchev–Trinajstić information content (AvgIpc) is 2.83. The maximum absolute atomic E-state index is 14.5. The van der Waals surface area contributed by atoms with Crippen LogP contribution in [0.15, 0.2) is 81.1 Å². The lowest BCUT2D eigenvalue weighted by atomic mass is 10.2. The first-order valence-corrected chi connectivity index (χ1v) is 10.8. The van der Waals surface area contributed by atoms with Crippen molar-refractivity contribution in [2.45, 2.75) is 19.8 Å². The molecule has 176 valence electrons. The fourth-order valence-corrected chi connectivity index (χ4v) is 2.81. The first-order chi connectivity index (χ1) is 16.4. The smallest absolute Gasteiger partial charge is 0.338 e. The summed E-state index contributed by atoms with van der Waals surface area (Å²) < 4.78 is 19.6. The molecule has 0 fully saturated rings. The number of hydrogen-bond donors (Lipinski definition) is 1. The summed E-state index contributed by atoms with van der Waals surface area (Å²) in [7, 11) is 3.89. The molecule has 34 heavy (non-hydrogen) atoms. The Kier molecular flexibility index (Phi) is 8.39. The molecule has 0 spiro atoms. The van der Waals surface area contributed by atoms with Gasteiger partial charge in [0.15, 0.2) is 5.82 Å². The van der Waals surface area contributed by atoms with Crippen molar-refractivity contribution in [2.24, 2.45) is 20.5 Å². The Labute approximate surface area is 197 Å². The molecule has 9 heteroatoms. The minimum Gasteiger partial charge on any atom is -0.506 e. The quantitative estimate of drug-likeness (QED) is 0.203. The van der Waals surface area contributed by atoms with Gasteiger partial charge in [-0.25, -0.2) is 9.18 Å². The molecule has 0 amide bonds. The van der Waals surface area contributed by atoms with Gasteiger partial charge in [-0.3, -0.25) is 0 Å². The monoisotopic (exact) mass is 463 g/mol. The topological polar surface area (TPSA) is 99.2 Å². The maximum Gasteiger partial charge on any atom is 0.338 e. The van der Waals surface area contributed by atoms with Gasteiger partial charge in [0.2, 0.25) is 0 Å². The number of rotatable bonds is 9. The summed E-state index contributed by atoms with van der Waals surface area (Å²) in [5.41, 5.74) is 2.26. The molecular formula is C25H26FN5O3. The molecule has 3 aromatic rings. The number of nitrogens with zero attached hydrogens (tertiary/aromatic N) is 5. The van der Waals surface area contributed by atoms with Crippen molar-refractivity contribution in [1.29, 1.82) is 0 Å². The molecule has 0 unspecified atom stereocenters. The van der Waals surface area contributed by atoms with Crippen molar-refractivity contribution in [3.05, 3.63) is 72.0 Å². The predicted molar refractivity (Wildman–Crippen MR) is 129 cm³/mol. The zero-order chi connectivity index (χ0) is 24.5. The predicted octanol–water partition coefficient (Wildman–Crippen LogP) is 7.39. The van der Waals surface area contributed by atoms with E-state index in [1.165, 1.54) is 30.3 Å². The van der Waals surface area contributed by atoms with E-state index in [1.807, 2.05) is 50.2 Å². The summed E-state index contributed by atoms with van der Waals surface area (Å²) in [5, 5.41) is 26.0. The van der Waals surface area contributed by atoms with Crippen molar-refractivity contribution in [3.8, 4) is 5.75 Å². The molecule has 0 radical (unpaired) electrons. The van der Waals surface area contributed by atoms with E-state index in [2.05, 4.69) is 20.5 Å². The highest BCUT2D eigenvalue weighted by molar-refractivity contribution is 5.90. The molecule has 1 N–H and O–H groups in total. The first-order valence-electron chi connectivity index (χ1n) is 10.8. The summed E-state index contributed by atoms with van der Waals surface area (Å²) in [5.74, 6) is -1.43. The van der Waals surface area contributed by atoms with Crippen molar-refractivity contribution < 1.29 is 19.0 Å². The lowest BCUT2D eigenvalue weighted by Crippen LogP contribution is -2.07. The second-order valence-corrected chi connectivity index (χ2v) is 7.64. The van der Waals surface area contributed by atoms with Gasteiger partial charge < -0.3 is 14.7 Å². The number of hydrogen-bond acceptors (Lipinski definition) is 8. The van der Waals surface area contributed by atoms with Crippen LogP contribution in [0.1, 0.15) is 30.1 Å². The standard InChI is InChI=1S/C25H26FN5O3/c1-4-5-14-34-25(33)17-6-12-23(24(32)15-17)30-29-22-13-9-19(16-21(22)26)28-27-18-7-10-20(11-8-18)31(2)3/h6-13,15-16,32H,4-5,14H2,1-3H3/b28-27+,30-29+. The highest BCUT2D eigenvalue weighted by Crippen LogP contribution is 2.31. The van der Waals surface area contributed by atoms with Gasteiger partial charge in [0.1, 0.15) is 17.1 Å². The van der Waals surface area contributed by atoms with E-state index >= 15 is 0 Å². The van der Waals surface area contributed by atoms with E-state index in [0.717, 1.165) is 18.5 Å². The van der Waals surface area contributed by atoms with E-state index in [9.17, 15) is 14.3 Å². The number of esters is 1. The van der Waals surface area contributed by atoms with Crippen LogP contribution >= 0.6 is 0 Å². The Morgan fingerprint density at radius 3 is 2.21 bits per heavy atom. The molecule has 3 rings (SSSR count). The highest BCUT2D eigenvalue weighted by atomic mass is 19.1. The maximum atomic E-state index is 14.5. The summed E-state index contributed by atoms with van der Waals surface area (Å²) in [6.07, 6.45) is 1.67. The normalized spacial score (nSPS) is 11.3. The van der Waals surface area contributed by atoms with E-state index in [4.69, 9.17) is 4.74 Å². The third-order valence-electron chi connectivity index (χ3n) is 4.79. The lowest BCUT2D eigenvalue weighted by Gasteiger charge is -2.11. The molecule has 0 atom stereocenters. The van der Waals surface area contributed by atoms with Crippen LogP contribution in [0, 0.1) is 5.82 Å². The van der Waals surface area contributed by atoms with E-state index in [0.29, 0.717) is 18.0 Å².